The molecule has 9 heteroatoms. The first-order valence-corrected chi connectivity index (χ1v) is 10.7. The molecule has 1 aromatic carbocycles. The van der Waals surface area contributed by atoms with E-state index in [4.69, 9.17) is 16.3 Å². The van der Waals surface area contributed by atoms with E-state index in [1.807, 2.05) is 19.0 Å². The molecule has 1 aromatic rings. The maximum atomic E-state index is 13.2. The number of nitrogens with one attached hydrogen (secondary N) is 1. The number of rotatable bonds is 6. The lowest BCUT2D eigenvalue weighted by Crippen LogP contribution is -2.51. The summed E-state index contributed by atoms with van der Waals surface area (Å²) in [6.45, 7) is 0. The minimum atomic E-state index is -3.93. The van der Waals surface area contributed by atoms with E-state index in [1.165, 1.54) is 24.1 Å². The number of amides is 1. The number of hydrogen-bond acceptors (Lipinski definition) is 5. The van der Waals surface area contributed by atoms with Gasteiger partial charge in [0.25, 0.3) is 5.91 Å². The van der Waals surface area contributed by atoms with Crippen LogP contribution in [0.5, 0.6) is 5.75 Å². The van der Waals surface area contributed by atoms with E-state index in [-0.39, 0.29) is 39.2 Å². The van der Waals surface area contributed by atoms with Crippen LogP contribution in [0.4, 0.5) is 0 Å². The second kappa shape index (κ2) is 8.77. The molecule has 0 aromatic heterocycles. The lowest BCUT2D eigenvalue weighted by atomic mass is 9.90. The van der Waals surface area contributed by atoms with E-state index in [0.717, 1.165) is 25.7 Å². The highest BCUT2D eigenvalue weighted by molar-refractivity contribution is 7.89. The third kappa shape index (κ3) is 4.93. The Kier molecular flexibility index (Phi) is 7.13. The molecule has 152 valence electrons. The maximum Gasteiger partial charge on any atom is 0.257 e. The molecule has 0 bridgehead atoms. The Morgan fingerprint density at radius 1 is 1.19 bits per heavy atom. The summed E-state index contributed by atoms with van der Waals surface area (Å²) in [4.78, 5) is 15.7. The lowest BCUT2D eigenvalue weighted by Gasteiger charge is -2.36. The van der Waals surface area contributed by atoms with Crippen molar-refractivity contribution < 1.29 is 17.9 Å². The van der Waals surface area contributed by atoms with E-state index in [9.17, 15) is 13.2 Å². The maximum absolute atomic E-state index is 13.2. The van der Waals surface area contributed by atoms with E-state index in [0.29, 0.717) is 0 Å². The van der Waals surface area contributed by atoms with E-state index >= 15 is 0 Å². The summed E-state index contributed by atoms with van der Waals surface area (Å²) >= 11 is 6.13. The van der Waals surface area contributed by atoms with Crippen molar-refractivity contribution in [2.45, 2.75) is 42.7 Å². The third-order valence-corrected chi connectivity index (χ3v) is 6.56. The third-order valence-electron chi connectivity index (χ3n) is 4.85. The zero-order valence-corrected chi connectivity index (χ0v) is 18.0. The molecule has 1 aliphatic rings. The average molecular weight is 418 g/mol. The SMILES string of the molecule is COc1c(C(=O)N(C)C)cc(Cl)cc1S(=O)(=O)NC1CCCCC1N(C)C. The van der Waals surface area contributed by atoms with Crippen LogP contribution in [0.25, 0.3) is 0 Å². The van der Waals surface area contributed by atoms with E-state index in [1.54, 1.807) is 14.1 Å². The minimum absolute atomic E-state index is 0.00260. The van der Waals surface area contributed by atoms with Crippen molar-refractivity contribution in [3.8, 4) is 5.75 Å². The molecular weight excluding hydrogens is 390 g/mol. The molecule has 1 amide bonds. The highest BCUT2D eigenvalue weighted by Gasteiger charge is 2.33. The number of halogens is 1. The van der Waals surface area contributed by atoms with Gasteiger partial charge in [-0.3, -0.25) is 4.79 Å². The summed E-state index contributed by atoms with van der Waals surface area (Å²) in [5, 5.41) is 0.161. The van der Waals surface area contributed by atoms with Crippen LogP contribution in [0.3, 0.4) is 0 Å². The Morgan fingerprint density at radius 3 is 2.37 bits per heavy atom. The molecular formula is C18H28ClN3O4S. The van der Waals surface area contributed by atoms with Gasteiger partial charge in [0.1, 0.15) is 4.90 Å². The molecule has 2 rings (SSSR count). The summed E-state index contributed by atoms with van der Waals surface area (Å²) in [7, 11) is 4.48. The highest BCUT2D eigenvalue weighted by Crippen LogP contribution is 2.33. The molecule has 2 unspecified atom stereocenters. The number of nitrogens with zero attached hydrogens (tertiary/aromatic N) is 2. The zero-order valence-electron chi connectivity index (χ0n) is 16.5. The monoisotopic (exact) mass is 417 g/mol. The van der Waals surface area contributed by atoms with Gasteiger partial charge in [-0.2, -0.15) is 0 Å². The average Bonchev–Trinajstić information content (AvgIpc) is 2.60. The normalized spacial score (nSPS) is 20.6. The van der Waals surface area contributed by atoms with Gasteiger partial charge in [0, 0.05) is 31.2 Å². The largest absolute Gasteiger partial charge is 0.494 e. The molecule has 2 atom stereocenters. The van der Waals surface area contributed by atoms with Crippen LogP contribution in [0, 0.1) is 0 Å². The van der Waals surface area contributed by atoms with Gasteiger partial charge in [-0.15, -0.1) is 0 Å². The van der Waals surface area contributed by atoms with Crippen molar-refractivity contribution in [1.82, 2.24) is 14.5 Å². The highest BCUT2D eigenvalue weighted by atomic mass is 35.5. The van der Waals surface area contributed by atoms with Gasteiger partial charge < -0.3 is 14.5 Å². The number of likely N-dealkylation sites (N-methyl/N-ethyl adjacent to an activating group) is 1. The second-order valence-electron chi connectivity index (χ2n) is 7.23. The van der Waals surface area contributed by atoms with Crippen molar-refractivity contribution >= 4 is 27.5 Å². The van der Waals surface area contributed by atoms with Crippen LogP contribution in [0.15, 0.2) is 17.0 Å². The van der Waals surface area contributed by atoms with Gasteiger partial charge in [-0.25, -0.2) is 13.1 Å². The number of ether oxygens (including phenoxy) is 1. The van der Waals surface area contributed by atoms with Crippen molar-refractivity contribution in [1.29, 1.82) is 0 Å². The quantitative estimate of drug-likeness (QED) is 0.767. The number of carbonyl (C=O) groups excluding carboxylic acids is 1. The summed E-state index contributed by atoms with van der Waals surface area (Å²) in [6.07, 6.45) is 3.73. The van der Waals surface area contributed by atoms with Gasteiger partial charge in [0.05, 0.1) is 12.7 Å². The van der Waals surface area contributed by atoms with Crippen molar-refractivity contribution in [2.24, 2.45) is 0 Å². The smallest absolute Gasteiger partial charge is 0.257 e. The van der Waals surface area contributed by atoms with Crippen LogP contribution in [0.2, 0.25) is 5.02 Å². The standard InChI is InChI=1S/C18H28ClN3O4S/c1-21(2)15-9-7-6-8-14(15)20-27(24,25)16-11-12(19)10-13(17(16)26-5)18(23)22(3)4/h10-11,14-15,20H,6-9H2,1-5H3. The fourth-order valence-corrected chi connectivity index (χ4v) is 5.31. The summed E-state index contributed by atoms with van der Waals surface area (Å²) in [6, 6.07) is 2.64. The summed E-state index contributed by atoms with van der Waals surface area (Å²) < 4.78 is 34.4. The van der Waals surface area contributed by atoms with Crippen LogP contribution in [-0.2, 0) is 10.0 Å². The van der Waals surface area contributed by atoms with Crippen molar-refractivity contribution in [2.75, 3.05) is 35.3 Å². The zero-order chi connectivity index (χ0) is 20.4. The van der Waals surface area contributed by atoms with Crippen LogP contribution >= 0.6 is 11.6 Å². The Morgan fingerprint density at radius 2 is 1.81 bits per heavy atom. The molecule has 1 saturated carbocycles. The Bertz CT molecular complexity index is 796. The van der Waals surface area contributed by atoms with Crippen LogP contribution in [0.1, 0.15) is 36.0 Å². The van der Waals surface area contributed by atoms with Crippen molar-refractivity contribution in [3.63, 3.8) is 0 Å². The molecule has 0 aliphatic heterocycles. The predicted molar refractivity (Wildman–Crippen MR) is 106 cm³/mol. The van der Waals surface area contributed by atoms with Gasteiger partial charge in [0.2, 0.25) is 10.0 Å². The van der Waals surface area contributed by atoms with Gasteiger partial charge in [-0.1, -0.05) is 24.4 Å². The lowest BCUT2D eigenvalue weighted by molar-refractivity contribution is 0.0824. The Hall–Kier alpha value is -1.35. The molecule has 1 aliphatic carbocycles. The van der Waals surface area contributed by atoms with Crippen molar-refractivity contribution in [3.05, 3.63) is 22.7 Å². The molecule has 27 heavy (non-hydrogen) atoms. The Balaban J connectivity index is 2.47. The molecule has 0 saturated heterocycles. The second-order valence-corrected chi connectivity index (χ2v) is 9.35. The molecule has 7 nitrogen and oxygen atoms in total. The van der Waals surface area contributed by atoms with E-state index in [2.05, 4.69) is 4.72 Å². The number of benzene rings is 1. The number of hydrogen-bond donors (Lipinski definition) is 1. The topological polar surface area (TPSA) is 78.9 Å². The number of carbonyl (C=O) groups is 1. The number of methoxy groups -OCH3 is 1. The summed E-state index contributed by atoms with van der Waals surface area (Å²) in [5.41, 5.74) is 0.114. The van der Waals surface area contributed by atoms with Gasteiger partial charge in [0.15, 0.2) is 5.75 Å². The molecule has 0 heterocycles. The van der Waals surface area contributed by atoms with E-state index < -0.39 is 10.0 Å². The van der Waals surface area contributed by atoms with Gasteiger partial charge >= 0.3 is 0 Å². The first-order chi connectivity index (χ1) is 12.6. The fraction of sp³-hybridized carbons (Fsp3) is 0.611. The molecule has 1 fully saturated rings. The Labute approximate surface area is 166 Å². The number of sulfonamides is 1. The predicted octanol–water partition coefficient (Wildman–Crippen LogP) is 2.20. The van der Waals surface area contributed by atoms with Crippen LogP contribution < -0.4 is 9.46 Å². The molecule has 0 spiro atoms. The molecule has 0 radical (unpaired) electrons. The summed E-state index contributed by atoms with van der Waals surface area (Å²) in [5.74, 6) is -0.377. The fourth-order valence-electron chi connectivity index (χ4n) is 3.51. The first kappa shape index (κ1) is 21.9. The van der Waals surface area contributed by atoms with Crippen LogP contribution in [-0.4, -0.2) is 71.5 Å². The molecule has 1 N–H and O–H groups in total. The van der Waals surface area contributed by atoms with Gasteiger partial charge in [-0.05, 0) is 39.1 Å². The first-order valence-electron chi connectivity index (χ1n) is 8.86. The minimum Gasteiger partial charge on any atom is -0.494 e.